The number of nitrogens with two attached hydrogens (primary N) is 1. The van der Waals surface area contributed by atoms with Crippen molar-refractivity contribution in [1.29, 1.82) is 0 Å². The smallest absolute Gasteiger partial charge is 0.243 e. The summed E-state index contributed by atoms with van der Waals surface area (Å²) >= 11 is 0. The minimum Gasteiger partial charge on any atom is -0.374 e. The molecule has 0 amide bonds. The number of fused-ring (bicyclic) bond motifs is 2. The van der Waals surface area contributed by atoms with Gasteiger partial charge in [-0.2, -0.15) is 4.98 Å². The average Bonchev–Trinajstić information content (AvgIpc) is 3.05. The van der Waals surface area contributed by atoms with Crippen molar-refractivity contribution in [2.24, 2.45) is 5.73 Å². The summed E-state index contributed by atoms with van der Waals surface area (Å²) in [6, 6.07) is -0.124. The Morgan fingerprint density at radius 1 is 1.47 bits per heavy atom. The number of ether oxygens (including phenoxy) is 1. The predicted molar refractivity (Wildman–Crippen MR) is 61.4 cm³/mol. The fourth-order valence-electron chi connectivity index (χ4n) is 2.89. The molecule has 1 aromatic rings. The second kappa shape index (κ2) is 4.38. The van der Waals surface area contributed by atoms with Crippen molar-refractivity contribution < 1.29 is 9.26 Å². The highest BCUT2D eigenvalue weighted by atomic mass is 16.5. The van der Waals surface area contributed by atoms with Gasteiger partial charge in [-0.3, -0.25) is 0 Å². The lowest BCUT2D eigenvalue weighted by Crippen LogP contribution is -2.16. The van der Waals surface area contributed by atoms with E-state index in [0.29, 0.717) is 24.0 Å². The molecule has 5 nitrogen and oxygen atoms in total. The molecule has 2 bridgehead atoms. The zero-order valence-electron chi connectivity index (χ0n) is 10.1. The first-order valence-corrected chi connectivity index (χ1v) is 6.52. The number of nitrogens with zero attached hydrogens (tertiary/aromatic N) is 2. The molecule has 0 spiro atoms. The van der Waals surface area contributed by atoms with Crippen LogP contribution in [-0.4, -0.2) is 22.3 Å². The van der Waals surface area contributed by atoms with E-state index in [4.69, 9.17) is 15.0 Å². The molecule has 17 heavy (non-hydrogen) atoms. The molecule has 2 N–H and O–H groups in total. The largest absolute Gasteiger partial charge is 0.374 e. The van der Waals surface area contributed by atoms with Gasteiger partial charge in [0.1, 0.15) is 0 Å². The minimum absolute atomic E-state index is 0.124. The van der Waals surface area contributed by atoms with Crippen molar-refractivity contribution in [1.82, 2.24) is 10.1 Å². The lowest BCUT2D eigenvalue weighted by Gasteiger charge is -2.13. The maximum absolute atomic E-state index is 5.97. The van der Waals surface area contributed by atoms with Crippen LogP contribution in [-0.2, 0) is 4.74 Å². The summed E-state index contributed by atoms with van der Waals surface area (Å²) in [7, 11) is 0. The summed E-state index contributed by atoms with van der Waals surface area (Å²) in [4.78, 5) is 4.45. The SMILES string of the molecule is CCC[C@H](N)c1nc(C2CC3CCC2O3)no1. The van der Waals surface area contributed by atoms with E-state index in [9.17, 15) is 0 Å². The monoisotopic (exact) mass is 237 g/mol. The number of hydrogen-bond acceptors (Lipinski definition) is 5. The van der Waals surface area contributed by atoms with Crippen molar-refractivity contribution in [3.05, 3.63) is 11.7 Å². The third-order valence-electron chi connectivity index (χ3n) is 3.81. The van der Waals surface area contributed by atoms with Gasteiger partial charge >= 0.3 is 0 Å². The highest BCUT2D eigenvalue weighted by Crippen LogP contribution is 2.43. The maximum Gasteiger partial charge on any atom is 0.243 e. The zero-order valence-corrected chi connectivity index (χ0v) is 10.1. The second-order valence-corrected chi connectivity index (χ2v) is 5.10. The van der Waals surface area contributed by atoms with Crippen LogP contribution in [0, 0.1) is 0 Å². The van der Waals surface area contributed by atoms with Gasteiger partial charge in [0.25, 0.3) is 0 Å². The van der Waals surface area contributed by atoms with Crippen LogP contribution in [0.25, 0.3) is 0 Å². The molecular weight excluding hydrogens is 218 g/mol. The Hall–Kier alpha value is -0.940. The summed E-state index contributed by atoms with van der Waals surface area (Å²) in [5.74, 6) is 1.68. The minimum atomic E-state index is -0.124. The van der Waals surface area contributed by atoms with E-state index < -0.39 is 0 Å². The van der Waals surface area contributed by atoms with Gasteiger partial charge < -0.3 is 15.0 Å². The van der Waals surface area contributed by atoms with Crippen LogP contribution in [0.2, 0.25) is 0 Å². The molecule has 0 aromatic carbocycles. The summed E-state index contributed by atoms with van der Waals surface area (Å²) in [5, 5.41) is 4.07. The van der Waals surface area contributed by atoms with Gasteiger partial charge in [-0.15, -0.1) is 0 Å². The standard InChI is InChI=1S/C12H19N3O2/c1-2-3-9(13)12-14-11(15-17-12)8-6-7-4-5-10(8)16-7/h7-10H,2-6,13H2,1H3/t7?,8?,9-,10?/m0/s1. The quantitative estimate of drug-likeness (QED) is 0.865. The Labute approximate surface area is 101 Å². The number of aromatic nitrogens is 2. The van der Waals surface area contributed by atoms with Crippen molar-refractivity contribution in [3.63, 3.8) is 0 Å². The van der Waals surface area contributed by atoms with Crippen molar-refractivity contribution in [2.75, 3.05) is 0 Å². The predicted octanol–water partition coefficient (Wildman–Crippen LogP) is 1.90. The molecule has 1 aromatic heterocycles. The highest BCUT2D eigenvalue weighted by Gasteiger charge is 2.43. The molecule has 0 saturated carbocycles. The Morgan fingerprint density at radius 3 is 3.00 bits per heavy atom. The second-order valence-electron chi connectivity index (χ2n) is 5.10. The first-order valence-electron chi connectivity index (χ1n) is 6.52. The molecule has 2 saturated heterocycles. The van der Waals surface area contributed by atoms with Gasteiger partial charge in [-0.05, 0) is 25.7 Å². The van der Waals surface area contributed by atoms with Crippen LogP contribution in [0.3, 0.4) is 0 Å². The van der Waals surface area contributed by atoms with Crippen molar-refractivity contribution >= 4 is 0 Å². The summed E-state index contributed by atoms with van der Waals surface area (Å²) in [6.45, 7) is 2.10. The zero-order chi connectivity index (χ0) is 11.8. The molecule has 2 fully saturated rings. The lowest BCUT2D eigenvalue weighted by atomic mass is 9.89. The Bertz CT molecular complexity index is 393. The number of rotatable bonds is 4. The van der Waals surface area contributed by atoms with Gasteiger partial charge in [-0.1, -0.05) is 18.5 Å². The van der Waals surface area contributed by atoms with Gasteiger partial charge in [0.2, 0.25) is 5.89 Å². The molecule has 4 atom stereocenters. The van der Waals surface area contributed by atoms with Gasteiger partial charge in [-0.25, -0.2) is 0 Å². The molecule has 3 unspecified atom stereocenters. The van der Waals surface area contributed by atoms with Gasteiger partial charge in [0.05, 0.1) is 24.2 Å². The first kappa shape index (κ1) is 11.2. The number of hydrogen-bond donors (Lipinski definition) is 1. The van der Waals surface area contributed by atoms with Crippen LogP contribution in [0.1, 0.15) is 62.7 Å². The molecule has 5 heteroatoms. The molecule has 0 aliphatic carbocycles. The van der Waals surface area contributed by atoms with Crippen LogP contribution in [0.5, 0.6) is 0 Å². The average molecular weight is 237 g/mol. The fourth-order valence-corrected chi connectivity index (χ4v) is 2.89. The maximum atomic E-state index is 5.97. The highest BCUT2D eigenvalue weighted by molar-refractivity contribution is 5.07. The summed E-state index contributed by atoms with van der Waals surface area (Å²) < 4.78 is 11.1. The van der Waals surface area contributed by atoms with E-state index in [0.717, 1.165) is 31.5 Å². The van der Waals surface area contributed by atoms with Gasteiger partial charge in [0, 0.05) is 0 Å². The lowest BCUT2D eigenvalue weighted by molar-refractivity contribution is 0.0996. The molecule has 2 aliphatic heterocycles. The van der Waals surface area contributed by atoms with Crippen molar-refractivity contribution in [2.45, 2.75) is 63.2 Å². The van der Waals surface area contributed by atoms with E-state index in [1.807, 2.05) is 0 Å². The molecule has 3 rings (SSSR count). The van der Waals surface area contributed by atoms with Crippen LogP contribution >= 0.6 is 0 Å². The van der Waals surface area contributed by atoms with E-state index in [1.165, 1.54) is 6.42 Å². The molecule has 0 radical (unpaired) electrons. The summed E-state index contributed by atoms with van der Waals surface area (Å²) in [5.41, 5.74) is 5.97. The van der Waals surface area contributed by atoms with E-state index in [2.05, 4.69) is 17.1 Å². The molecular formula is C12H19N3O2. The summed E-state index contributed by atoms with van der Waals surface area (Å²) in [6.07, 6.45) is 5.96. The Balaban J connectivity index is 1.72. The third-order valence-corrected chi connectivity index (χ3v) is 3.81. The first-order chi connectivity index (χ1) is 8.28. The Morgan fingerprint density at radius 2 is 2.35 bits per heavy atom. The van der Waals surface area contributed by atoms with Crippen LogP contribution in [0.4, 0.5) is 0 Å². The van der Waals surface area contributed by atoms with Crippen LogP contribution in [0.15, 0.2) is 4.52 Å². The Kier molecular flexibility index (Phi) is 2.88. The third kappa shape index (κ3) is 1.98. The normalized spacial score (nSPS) is 33.2. The topological polar surface area (TPSA) is 74.2 Å². The molecule has 2 aliphatic rings. The fraction of sp³-hybridized carbons (Fsp3) is 0.833. The van der Waals surface area contributed by atoms with E-state index in [-0.39, 0.29) is 6.04 Å². The van der Waals surface area contributed by atoms with Crippen LogP contribution < -0.4 is 5.73 Å². The molecule has 3 heterocycles. The van der Waals surface area contributed by atoms with E-state index in [1.54, 1.807) is 0 Å². The molecule has 94 valence electrons. The van der Waals surface area contributed by atoms with Gasteiger partial charge in [0.15, 0.2) is 5.82 Å². The van der Waals surface area contributed by atoms with E-state index >= 15 is 0 Å². The van der Waals surface area contributed by atoms with Crippen molar-refractivity contribution in [3.8, 4) is 0 Å².